The summed E-state index contributed by atoms with van der Waals surface area (Å²) in [6.45, 7) is 2.06. The molecule has 1 amide bonds. The highest BCUT2D eigenvalue weighted by Crippen LogP contribution is 2.32. The number of nitrogens with one attached hydrogen (secondary N) is 2. The maximum atomic E-state index is 12.7. The average Bonchev–Trinajstić information content (AvgIpc) is 2.50. The Kier molecular flexibility index (Phi) is 7.42. The van der Waals surface area contributed by atoms with Gasteiger partial charge in [0.1, 0.15) is 5.75 Å². The molecule has 1 aromatic rings. The molecule has 1 aliphatic rings. The van der Waals surface area contributed by atoms with Crippen molar-refractivity contribution < 1.29 is 14.3 Å². The molecule has 0 bridgehead atoms. The number of benzene rings is 1. The van der Waals surface area contributed by atoms with Crippen LogP contribution in [-0.2, 0) is 9.53 Å². The SMILES string of the molecule is COCC1(C(=O)Nc2ccc(Cl)c(OC)c2)CCNCC1.Cl. The minimum atomic E-state index is -0.479. The number of hydrogen-bond donors (Lipinski definition) is 2. The topological polar surface area (TPSA) is 59.6 Å². The standard InChI is InChI=1S/C15H21ClN2O3.ClH/c1-20-10-15(5-7-17-8-6-15)14(19)18-11-3-4-12(16)13(9-11)21-2;/h3-4,9,17H,5-8,10H2,1-2H3,(H,18,19);1H. The molecule has 0 saturated carbocycles. The maximum absolute atomic E-state index is 12.7. The van der Waals surface area contributed by atoms with Crippen LogP contribution in [0.25, 0.3) is 0 Å². The minimum Gasteiger partial charge on any atom is -0.495 e. The number of halogens is 2. The Balaban J connectivity index is 0.00000242. The van der Waals surface area contributed by atoms with Gasteiger partial charge < -0.3 is 20.1 Å². The van der Waals surface area contributed by atoms with Gasteiger partial charge in [0.05, 0.1) is 24.2 Å². The molecule has 7 heteroatoms. The van der Waals surface area contributed by atoms with Crippen molar-refractivity contribution in [2.75, 3.05) is 39.2 Å². The van der Waals surface area contributed by atoms with Gasteiger partial charge in [-0.3, -0.25) is 4.79 Å². The summed E-state index contributed by atoms with van der Waals surface area (Å²) < 4.78 is 10.4. The highest BCUT2D eigenvalue weighted by atomic mass is 35.5. The van der Waals surface area contributed by atoms with Gasteiger partial charge in [-0.05, 0) is 38.1 Å². The van der Waals surface area contributed by atoms with Crippen molar-refractivity contribution in [2.24, 2.45) is 5.41 Å². The van der Waals surface area contributed by atoms with Gasteiger partial charge >= 0.3 is 0 Å². The van der Waals surface area contributed by atoms with Gasteiger partial charge in [-0.1, -0.05) is 11.6 Å². The first-order chi connectivity index (χ1) is 10.1. The molecule has 2 rings (SSSR count). The largest absolute Gasteiger partial charge is 0.495 e. The van der Waals surface area contributed by atoms with Crippen LogP contribution in [0.2, 0.25) is 5.02 Å². The van der Waals surface area contributed by atoms with Crippen molar-refractivity contribution in [1.82, 2.24) is 5.32 Å². The number of carbonyl (C=O) groups is 1. The molecule has 5 nitrogen and oxygen atoms in total. The zero-order chi connectivity index (χ0) is 15.3. The van der Waals surface area contributed by atoms with Crippen LogP contribution in [0, 0.1) is 5.41 Å². The lowest BCUT2D eigenvalue weighted by atomic mass is 9.78. The molecule has 124 valence electrons. The Morgan fingerprint density at radius 3 is 2.64 bits per heavy atom. The molecule has 1 aromatic carbocycles. The number of anilines is 1. The van der Waals surface area contributed by atoms with Crippen molar-refractivity contribution in [1.29, 1.82) is 0 Å². The summed E-state index contributed by atoms with van der Waals surface area (Å²) in [7, 11) is 3.18. The quantitative estimate of drug-likeness (QED) is 0.858. The van der Waals surface area contributed by atoms with E-state index in [0.29, 0.717) is 23.1 Å². The lowest BCUT2D eigenvalue weighted by Crippen LogP contribution is -2.47. The van der Waals surface area contributed by atoms with Crippen molar-refractivity contribution in [3.05, 3.63) is 23.2 Å². The lowest BCUT2D eigenvalue weighted by Gasteiger charge is -2.35. The van der Waals surface area contributed by atoms with E-state index in [1.54, 1.807) is 32.4 Å². The number of ether oxygens (including phenoxy) is 2. The third-order valence-corrected chi connectivity index (χ3v) is 4.18. The van der Waals surface area contributed by atoms with Gasteiger partial charge in [0.25, 0.3) is 0 Å². The van der Waals surface area contributed by atoms with Gasteiger partial charge in [-0.15, -0.1) is 12.4 Å². The average molecular weight is 349 g/mol. The number of rotatable bonds is 5. The Morgan fingerprint density at radius 1 is 1.36 bits per heavy atom. The molecule has 0 aliphatic carbocycles. The maximum Gasteiger partial charge on any atom is 0.233 e. The molecule has 2 N–H and O–H groups in total. The van der Waals surface area contributed by atoms with Crippen LogP contribution in [0.4, 0.5) is 5.69 Å². The molecule has 0 aromatic heterocycles. The highest BCUT2D eigenvalue weighted by molar-refractivity contribution is 6.32. The monoisotopic (exact) mass is 348 g/mol. The molecule has 0 atom stereocenters. The van der Waals surface area contributed by atoms with Crippen LogP contribution in [0.5, 0.6) is 5.75 Å². The number of piperidine rings is 1. The predicted molar refractivity (Wildman–Crippen MR) is 90.3 cm³/mol. The van der Waals surface area contributed by atoms with E-state index < -0.39 is 5.41 Å². The highest BCUT2D eigenvalue weighted by Gasteiger charge is 2.39. The number of methoxy groups -OCH3 is 2. The molecule has 0 unspecified atom stereocenters. The number of amides is 1. The van der Waals surface area contributed by atoms with E-state index in [9.17, 15) is 4.79 Å². The Bertz CT molecular complexity index is 500. The normalized spacial score (nSPS) is 16.5. The molecular formula is C15H22Cl2N2O3. The van der Waals surface area contributed by atoms with Gasteiger partial charge in [-0.2, -0.15) is 0 Å². The minimum absolute atomic E-state index is 0. The van der Waals surface area contributed by atoms with Gasteiger partial charge in [0.15, 0.2) is 0 Å². The first kappa shape index (κ1) is 19.0. The second-order valence-electron chi connectivity index (χ2n) is 5.27. The van der Waals surface area contributed by atoms with Crippen LogP contribution in [0.3, 0.4) is 0 Å². The Labute approximate surface area is 142 Å². The molecular weight excluding hydrogens is 327 g/mol. The first-order valence-electron chi connectivity index (χ1n) is 6.96. The van der Waals surface area contributed by atoms with Crippen molar-refractivity contribution in [2.45, 2.75) is 12.8 Å². The van der Waals surface area contributed by atoms with Gasteiger partial charge in [0.2, 0.25) is 5.91 Å². The van der Waals surface area contributed by atoms with E-state index in [4.69, 9.17) is 21.1 Å². The van der Waals surface area contributed by atoms with Gasteiger partial charge in [0, 0.05) is 18.9 Å². The molecule has 1 saturated heterocycles. The zero-order valence-corrected chi connectivity index (χ0v) is 14.4. The Hall–Kier alpha value is -1.01. The summed E-state index contributed by atoms with van der Waals surface area (Å²) in [6, 6.07) is 5.20. The van der Waals surface area contributed by atoms with Crippen molar-refractivity contribution in [3.8, 4) is 5.75 Å². The van der Waals surface area contributed by atoms with E-state index in [1.807, 2.05) is 0 Å². The van der Waals surface area contributed by atoms with Crippen LogP contribution in [0.1, 0.15) is 12.8 Å². The second kappa shape index (κ2) is 8.58. The summed E-state index contributed by atoms with van der Waals surface area (Å²) in [4.78, 5) is 12.7. The summed E-state index contributed by atoms with van der Waals surface area (Å²) in [5.74, 6) is 0.524. The van der Waals surface area contributed by atoms with Gasteiger partial charge in [-0.25, -0.2) is 0 Å². The summed E-state index contributed by atoms with van der Waals surface area (Å²) in [5.41, 5.74) is 0.197. The molecule has 0 spiro atoms. The van der Waals surface area contributed by atoms with E-state index in [1.165, 1.54) is 0 Å². The molecule has 1 heterocycles. The smallest absolute Gasteiger partial charge is 0.233 e. The fraction of sp³-hybridized carbons (Fsp3) is 0.533. The molecule has 0 radical (unpaired) electrons. The molecule has 1 fully saturated rings. The van der Waals surface area contributed by atoms with Crippen LogP contribution < -0.4 is 15.4 Å². The van der Waals surface area contributed by atoms with E-state index in [-0.39, 0.29) is 18.3 Å². The van der Waals surface area contributed by atoms with Crippen LogP contribution >= 0.6 is 24.0 Å². The third-order valence-electron chi connectivity index (χ3n) is 3.87. The van der Waals surface area contributed by atoms with Crippen LogP contribution in [0.15, 0.2) is 18.2 Å². The first-order valence-corrected chi connectivity index (χ1v) is 7.34. The van der Waals surface area contributed by atoms with E-state index in [2.05, 4.69) is 10.6 Å². The lowest BCUT2D eigenvalue weighted by molar-refractivity contribution is -0.130. The fourth-order valence-corrected chi connectivity index (χ4v) is 2.81. The molecule has 1 aliphatic heterocycles. The third kappa shape index (κ3) is 4.26. The van der Waals surface area contributed by atoms with Crippen molar-refractivity contribution in [3.63, 3.8) is 0 Å². The van der Waals surface area contributed by atoms with E-state index in [0.717, 1.165) is 25.9 Å². The summed E-state index contributed by atoms with van der Waals surface area (Å²) >= 11 is 5.99. The Morgan fingerprint density at radius 2 is 2.05 bits per heavy atom. The summed E-state index contributed by atoms with van der Waals surface area (Å²) in [6.07, 6.45) is 1.52. The van der Waals surface area contributed by atoms with Crippen LogP contribution in [-0.4, -0.2) is 39.8 Å². The summed E-state index contributed by atoms with van der Waals surface area (Å²) in [5, 5.41) is 6.74. The number of carbonyl (C=O) groups excluding carboxylic acids is 1. The van der Waals surface area contributed by atoms with Crippen molar-refractivity contribution >= 4 is 35.6 Å². The predicted octanol–water partition coefficient (Wildman–Crippen LogP) is 2.73. The zero-order valence-electron chi connectivity index (χ0n) is 12.8. The fourth-order valence-electron chi connectivity index (χ4n) is 2.62. The van der Waals surface area contributed by atoms with E-state index >= 15 is 0 Å². The molecule has 22 heavy (non-hydrogen) atoms. The second-order valence-corrected chi connectivity index (χ2v) is 5.67. The number of hydrogen-bond acceptors (Lipinski definition) is 4.